The minimum absolute atomic E-state index is 0.0921. The lowest BCUT2D eigenvalue weighted by Crippen LogP contribution is -2.51. The fourth-order valence-electron chi connectivity index (χ4n) is 4.23. The molecule has 2 atom stereocenters. The first-order valence-electron chi connectivity index (χ1n) is 10.1. The average molecular weight is 410 g/mol. The van der Waals surface area contributed by atoms with E-state index in [1.54, 1.807) is 0 Å². The first-order chi connectivity index (χ1) is 13.3. The molecule has 154 valence electrons. The molecule has 1 aromatic carbocycles. The molecule has 1 N–H and O–H groups in total. The molecule has 0 aromatic heterocycles. The highest BCUT2D eigenvalue weighted by Crippen LogP contribution is 2.23. The number of nitrogens with zero attached hydrogens (tertiary/aromatic N) is 2. The lowest BCUT2D eigenvalue weighted by molar-refractivity contribution is -0.137. The van der Waals surface area contributed by atoms with Gasteiger partial charge in [0.25, 0.3) is 5.91 Å². The average Bonchev–Trinajstić information content (AvgIpc) is 3.10. The van der Waals surface area contributed by atoms with Crippen LogP contribution in [0.15, 0.2) is 18.2 Å². The second-order valence-corrected chi connectivity index (χ2v) is 8.48. The third-order valence-electron chi connectivity index (χ3n) is 6.07. The summed E-state index contributed by atoms with van der Waals surface area (Å²) in [5.74, 6) is -0.232. The Bertz CT molecular complexity index is 701. The van der Waals surface area contributed by atoms with Crippen molar-refractivity contribution in [3.05, 3.63) is 34.6 Å². The number of hydrogen-bond donors (Lipinski definition) is 1. The fourth-order valence-corrected chi connectivity index (χ4v) is 4.45. The van der Waals surface area contributed by atoms with Gasteiger partial charge in [-0.2, -0.15) is 0 Å². The second kappa shape index (κ2) is 9.23. The van der Waals surface area contributed by atoms with Crippen LogP contribution in [0.2, 0.25) is 5.02 Å². The normalized spacial score (nSPS) is 22.3. The van der Waals surface area contributed by atoms with Crippen LogP contribution in [0.4, 0.5) is 4.39 Å². The maximum absolute atomic E-state index is 13.4. The van der Waals surface area contributed by atoms with E-state index in [-0.39, 0.29) is 28.4 Å². The van der Waals surface area contributed by atoms with Crippen molar-refractivity contribution in [2.45, 2.75) is 51.6 Å². The van der Waals surface area contributed by atoms with Gasteiger partial charge in [-0.25, -0.2) is 4.39 Å². The molecule has 0 bridgehead atoms. The molecule has 2 amide bonds. The molecule has 0 radical (unpaired) electrons. The van der Waals surface area contributed by atoms with Gasteiger partial charge in [-0.3, -0.25) is 14.5 Å². The molecule has 5 nitrogen and oxygen atoms in total. The molecular weight excluding hydrogens is 381 g/mol. The Hall–Kier alpha value is -1.66. The summed E-state index contributed by atoms with van der Waals surface area (Å²) < 4.78 is 13.4. The van der Waals surface area contributed by atoms with Gasteiger partial charge in [0.1, 0.15) is 5.82 Å². The number of likely N-dealkylation sites (tertiary alicyclic amines) is 2. The summed E-state index contributed by atoms with van der Waals surface area (Å²) in [7, 11) is 0. The van der Waals surface area contributed by atoms with E-state index in [9.17, 15) is 14.0 Å². The summed E-state index contributed by atoms with van der Waals surface area (Å²) in [6, 6.07) is 4.09. The number of piperidine rings is 1. The van der Waals surface area contributed by atoms with Gasteiger partial charge in [0.2, 0.25) is 5.91 Å². The van der Waals surface area contributed by atoms with E-state index in [4.69, 9.17) is 11.6 Å². The predicted octanol–water partition coefficient (Wildman–Crippen LogP) is 3.32. The maximum Gasteiger partial charge on any atom is 0.251 e. The summed E-state index contributed by atoms with van der Waals surface area (Å²) in [5, 5.41) is 3.09. The van der Waals surface area contributed by atoms with E-state index in [2.05, 4.69) is 17.1 Å². The van der Waals surface area contributed by atoms with E-state index in [0.717, 1.165) is 45.3 Å². The van der Waals surface area contributed by atoms with E-state index in [1.807, 2.05) is 11.8 Å². The monoisotopic (exact) mass is 409 g/mol. The molecule has 3 rings (SSSR count). The Morgan fingerprint density at radius 3 is 2.54 bits per heavy atom. The minimum atomic E-state index is -0.517. The third kappa shape index (κ3) is 5.03. The Morgan fingerprint density at radius 2 is 1.93 bits per heavy atom. The van der Waals surface area contributed by atoms with Crippen molar-refractivity contribution in [1.82, 2.24) is 15.1 Å². The highest BCUT2D eigenvalue weighted by atomic mass is 35.5. The molecule has 1 aromatic rings. The maximum atomic E-state index is 13.4. The highest BCUT2D eigenvalue weighted by molar-refractivity contribution is 6.31. The first kappa shape index (κ1) is 21.1. The van der Waals surface area contributed by atoms with Crippen LogP contribution in [0.3, 0.4) is 0 Å². The van der Waals surface area contributed by atoms with Crippen LogP contribution in [0.1, 0.15) is 49.9 Å². The number of carbonyl (C=O) groups excluding carboxylic acids is 2. The van der Waals surface area contributed by atoms with E-state index in [1.165, 1.54) is 18.2 Å². The largest absolute Gasteiger partial charge is 0.352 e. The van der Waals surface area contributed by atoms with Crippen molar-refractivity contribution >= 4 is 23.4 Å². The summed E-state index contributed by atoms with van der Waals surface area (Å²) in [6.07, 6.45) is 4.05. The predicted molar refractivity (Wildman–Crippen MR) is 108 cm³/mol. The zero-order valence-electron chi connectivity index (χ0n) is 16.6. The topological polar surface area (TPSA) is 52.7 Å². The number of hydrogen-bond acceptors (Lipinski definition) is 3. The van der Waals surface area contributed by atoms with Crippen molar-refractivity contribution in [3.8, 4) is 0 Å². The number of carbonyl (C=O) groups is 2. The molecule has 0 aliphatic carbocycles. The minimum Gasteiger partial charge on any atom is -0.352 e. The molecular formula is C21H29ClFN3O2. The molecule has 0 spiro atoms. The van der Waals surface area contributed by atoms with Crippen molar-refractivity contribution in [2.75, 3.05) is 26.2 Å². The molecule has 0 saturated carbocycles. The van der Waals surface area contributed by atoms with Crippen LogP contribution < -0.4 is 5.32 Å². The lowest BCUT2D eigenvalue weighted by atomic mass is 9.95. The number of rotatable bonds is 5. The number of amides is 2. The first-order valence-corrected chi connectivity index (χ1v) is 10.5. The Morgan fingerprint density at radius 1 is 1.21 bits per heavy atom. The lowest BCUT2D eigenvalue weighted by Gasteiger charge is -2.37. The molecule has 2 aliphatic rings. The number of nitrogens with one attached hydrogen (secondary N) is 1. The molecule has 2 aliphatic heterocycles. The Labute approximate surface area is 171 Å². The quantitative estimate of drug-likeness (QED) is 0.811. The van der Waals surface area contributed by atoms with Crippen LogP contribution in [-0.4, -0.2) is 59.9 Å². The fraction of sp³-hybridized carbons (Fsp3) is 0.619. The van der Waals surface area contributed by atoms with Gasteiger partial charge in [0.15, 0.2) is 0 Å². The van der Waals surface area contributed by atoms with Crippen LogP contribution in [0.25, 0.3) is 0 Å². The number of halogens is 2. The Kier molecular flexibility index (Phi) is 6.94. The van der Waals surface area contributed by atoms with Gasteiger partial charge in [0.05, 0.1) is 6.04 Å². The van der Waals surface area contributed by atoms with E-state index >= 15 is 0 Å². The second-order valence-electron chi connectivity index (χ2n) is 8.05. The zero-order valence-corrected chi connectivity index (χ0v) is 17.3. The van der Waals surface area contributed by atoms with Crippen molar-refractivity contribution in [1.29, 1.82) is 0 Å². The third-order valence-corrected chi connectivity index (χ3v) is 6.28. The van der Waals surface area contributed by atoms with Crippen molar-refractivity contribution < 1.29 is 14.0 Å². The molecule has 2 saturated heterocycles. The van der Waals surface area contributed by atoms with Gasteiger partial charge in [-0.1, -0.05) is 11.6 Å². The van der Waals surface area contributed by atoms with Gasteiger partial charge >= 0.3 is 0 Å². The summed E-state index contributed by atoms with van der Waals surface area (Å²) in [6.45, 7) is 7.24. The zero-order chi connectivity index (χ0) is 20.3. The highest BCUT2D eigenvalue weighted by Gasteiger charge is 2.33. The summed E-state index contributed by atoms with van der Waals surface area (Å²) in [4.78, 5) is 29.2. The molecule has 7 heteroatoms. The van der Waals surface area contributed by atoms with Gasteiger partial charge < -0.3 is 10.2 Å². The smallest absolute Gasteiger partial charge is 0.251 e. The SMILES string of the molecule is CC(C(=O)N1CCC[C@H]1C)N1CCC(CNC(=O)c2cc(F)cc(Cl)c2)CC1. The van der Waals surface area contributed by atoms with Crippen molar-refractivity contribution in [2.24, 2.45) is 5.92 Å². The standard InChI is InChI=1S/C21H29ClFN3O2/c1-14-4-3-7-26(14)21(28)15(2)25-8-5-16(6-9-25)13-24-20(27)17-10-18(22)12-19(23)11-17/h10-12,14-16H,3-9,13H2,1-2H3,(H,24,27)/t14-,15?/m1/s1. The van der Waals surface area contributed by atoms with Crippen LogP contribution in [0, 0.1) is 11.7 Å². The molecule has 2 heterocycles. The van der Waals surface area contributed by atoms with Crippen molar-refractivity contribution in [3.63, 3.8) is 0 Å². The van der Waals surface area contributed by atoms with E-state index < -0.39 is 5.82 Å². The molecule has 1 unspecified atom stereocenters. The Balaban J connectivity index is 1.45. The van der Waals surface area contributed by atoms with Crippen LogP contribution in [0.5, 0.6) is 0 Å². The summed E-state index contributed by atoms with van der Waals surface area (Å²) in [5.41, 5.74) is 0.237. The van der Waals surface area contributed by atoms with Gasteiger partial charge in [-0.05, 0) is 76.7 Å². The number of benzene rings is 1. The van der Waals surface area contributed by atoms with Crippen LogP contribution in [-0.2, 0) is 4.79 Å². The van der Waals surface area contributed by atoms with E-state index in [0.29, 0.717) is 18.5 Å². The molecule has 2 fully saturated rings. The van der Waals surface area contributed by atoms with Gasteiger partial charge in [-0.15, -0.1) is 0 Å². The van der Waals surface area contributed by atoms with Gasteiger partial charge in [0, 0.05) is 29.7 Å². The van der Waals surface area contributed by atoms with Crippen LogP contribution >= 0.6 is 11.6 Å². The summed E-state index contributed by atoms with van der Waals surface area (Å²) >= 11 is 5.81. The molecule has 28 heavy (non-hydrogen) atoms.